The zero-order chi connectivity index (χ0) is 10.9. The molecule has 0 amide bonds. The Morgan fingerprint density at radius 1 is 1.64 bits per heavy atom. The molecular formula is C9H13BrN2O2. The van der Waals surface area contributed by atoms with Crippen LogP contribution in [0, 0.1) is 5.92 Å². The molecule has 1 N–H and O–H groups in total. The lowest BCUT2D eigenvalue weighted by atomic mass is 9.93. The molecule has 0 saturated carbocycles. The molecule has 0 bridgehead atoms. The van der Waals surface area contributed by atoms with Crippen molar-refractivity contribution < 1.29 is 9.90 Å². The molecule has 0 aromatic carbocycles. The van der Waals surface area contributed by atoms with E-state index < -0.39 is 11.9 Å². The molecule has 14 heavy (non-hydrogen) atoms. The number of halogens is 1. The van der Waals surface area contributed by atoms with E-state index in [4.69, 9.17) is 5.11 Å². The van der Waals surface area contributed by atoms with E-state index in [1.807, 2.05) is 13.8 Å². The Hall–Kier alpha value is -0.840. The second-order valence-corrected chi connectivity index (χ2v) is 4.39. The fourth-order valence-corrected chi connectivity index (χ4v) is 1.96. The normalized spacial score (nSPS) is 13.2. The smallest absolute Gasteiger partial charge is 0.312 e. The van der Waals surface area contributed by atoms with Crippen LogP contribution in [0.2, 0.25) is 0 Å². The number of aromatic nitrogens is 2. The molecule has 1 aromatic rings. The molecule has 5 heteroatoms. The van der Waals surface area contributed by atoms with E-state index >= 15 is 0 Å². The minimum Gasteiger partial charge on any atom is -0.481 e. The highest BCUT2D eigenvalue weighted by molar-refractivity contribution is 9.10. The third-order valence-corrected chi connectivity index (χ3v) is 2.53. The van der Waals surface area contributed by atoms with Gasteiger partial charge in [-0.15, -0.1) is 0 Å². The summed E-state index contributed by atoms with van der Waals surface area (Å²) in [7, 11) is 1.75. The Kier molecular flexibility index (Phi) is 3.31. The molecule has 0 radical (unpaired) electrons. The maximum atomic E-state index is 11.0. The Labute approximate surface area is 91.1 Å². The van der Waals surface area contributed by atoms with Crippen LogP contribution < -0.4 is 0 Å². The van der Waals surface area contributed by atoms with Crippen molar-refractivity contribution >= 4 is 21.9 Å². The van der Waals surface area contributed by atoms with Crippen LogP contribution in [0.15, 0.2) is 10.7 Å². The summed E-state index contributed by atoms with van der Waals surface area (Å²) in [5.41, 5.74) is 0.722. The SMILES string of the molecule is CC(C)C(C(=O)O)c1cc(Br)nn1C. The second-order valence-electron chi connectivity index (χ2n) is 3.58. The van der Waals surface area contributed by atoms with Gasteiger partial charge >= 0.3 is 5.97 Å². The minimum absolute atomic E-state index is 0.0507. The number of hydrogen-bond donors (Lipinski definition) is 1. The predicted molar refractivity (Wildman–Crippen MR) is 56.1 cm³/mol. The Bertz CT molecular complexity index is 347. The van der Waals surface area contributed by atoms with Crippen LogP contribution in [-0.2, 0) is 11.8 Å². The number of aliphatic carboxylic acids is 1. The van der Waals surface area contributed by atoms with E-state index in [1.54, 1.807) is 17.8 Å². The van der Waals surface area contributed by atoms with Crippen LogP contribution in [0.3, 0.4) is 0 Å². The van der Waals surface area contributed by atoms with Gasteiger partial charge in [0.15, 0.2) is 0 Å². The van der Waals surface area contributed by atoms with Gasteiger partial charge in [-0.25, -0.2) is 0 Å². The summed E-state index contributed by atoms with van der Waals surface area (Å²) in [4.78, 5) is 11.0. The molecule has 0 aliphatic rings. The summed E-state index contributed by atoms with van der Waals surface area (Å²) in [6, 6.07) is 1.75. The first-order valence-corrected chi connectivity index (χ1v) is 5.15. The summed E-state index contributed by atoms with van der Waals surface area (Å²) in [5.74, 6) is -1.26. The highest BCUT2D eigenvalue weighted by Gasteiger charge is 2.26. The van der Waals surface area contributed by atoms with Crippen molar-refractivity contribution in [3.8, 4) is 0 Å². The number of carboxylic acid groups (broad SMARTS) is 1. The maximum Gasteiger partial charge on any atom is 0.312 e. The highest BCUT2D eigenvalue weighted by Crippen LogP contribution is 2.26. The molecule has 1 atom stereocenters. The van der Waals surface area contributed by atoms with E-state index in [2.05, 4.69) is 21.0 Å². The van der Waals surface area contributed by atoms with Crippen molar-refractivity contribution in [1.29, 1.82) is 0 Å². The summed E-state index contributed by atoms with van der Waals surface area (Å²) < 4.78 is 2.27. The molecule has 0 saturated heterocycles. The lowest BCUT2D eigenvalue weighted by Gasteiger charge is -2.15. The van der Waals surface area contributed by atoms with Crippen LogP contribution in [0.1, 0.15) is 25.5 Å². The number of hydrogen-bond acceptors (Lipinski definition) is 2. The predicted octanol–water partition coefficient (Wildman–Crippen LogP) is 2.01. The topological polar surface area (TPSA) is 55.1 Å². The number of carboxylic acids is 1. The van der Waals surface area contributed by atoms with Crippen molar-refractivity contribution in [2.45, 2.75) is 19.8 Å². The van der Waals surface area contributed by atoms with Gasteiger partial charge in [-0.05, 0) is 27.9 Å². The Morgan fingerprint density at radius 2 is 2.21 bits per heavy atom. The summed E-state index contributed by atoms with van der Waals surface area (Å²) in [6.45, 7) is 3.78. The molecule has 1 unspecified atom stereocenters. The van der Waals surface area contributed by atoms with Crippen molar-refractivity contribution in [2.75, 3.05) is 0 Å². The lowest BCUT2D eigenvalue weighted by Crippen LogP contribution is -2.20. The summed E-state index contributed by atoms with van der Waals surface area (Å²) >= 11 is 3.22. The van der Waals surface area contributed by atoms with Crippen molar-refractivity contribution in [3.63, 3.8) is 0 Å². The molecule has 0 fully saturated rings. The number of rotatable bonds is 3. The third-order valence-electron chi connectivity index (χ3n) is 2.14. The number of carbonyl (C=O) groups is 1. The van der Waals surface area contributed by atoms with E-state index in [9.17, 15) is 4.79 Å². The minimum atomic E-state index is -0.810. The van der Waals surface area contributed by atoms with Gasteiger partial charge < -0.3 is 5.11 Å². The molecule has 1 aromatic heterocycles. The summed E-state index contributed by atoms with van der Waals surface area (Å²) in [5, 5.41) is 13.1. The Balaban J connectivity index is 3.11. The van der Waals surface area contributed by atoms with Gasteiger partial charge in [-0.1, -0.05) is 13.8 Å². The van der Waals surface area contributed by atoms with Crippen molar-refractivity contribution in [2.24, 2.45) is 13.0 Å². The fraction of sp³-hybridized carbons (Fsp3) is 0.556. The van der Waals surface area contributed by atoms with Crippen LogP contribution in [0.4, 0.5) is 0 Å². The quantitative estimate of drug-likeness (QED) is 0.905. The van der Waals surface area contributed by atoms with E-state index in [0.29, 0.717) is 4.60 Å². The first-order valence-electron chi connectivity index (χ1n) is 4.35. The Morgan fingerprint density at radius 3 is 2.50 bits per heavy atom. The third kappa shape index (κ3) is 2.15. The molecule has 1 heterocycles. The van der Waals surface area contributed by atoms with Gasteiger partial charge in [-0.3, -0.25) is 9.48 Å². The fourth-order valence-electron chi connectivity index (χ4n) is 1.49. The highest BCUT2D eigenvalue weighted by atomic mass is 79.9. The van der Waals surface area contributed by atoms with Crippen LogP contribution in [0.25, 0.3) is 0 Å². The van der Waals surface area contributed by atoms with Gasteiger partial charge in [0.25, 0.3) is 0 Å². The van der Waals surface area contributed by atoms with Gasteiger partial charge in [0.1, 0.15) is 10.5 Å². The second kappa shape index (κ2) is 4.13. The van der Waals surface area contributed by atoms with Crippen molar-refractivity contribution in [3.05, 3.63) is 16.4 Å². The van der Waals surface area contributed by atoms with Gasteiger partial charge in [0, 0.05) is 7.05 Å². The zero-order valence-corrected chi connectivity index (χ0v) is 9.95. The maximum absolute atomic E-state index is 11.0. The molecule has 78 valence electrons. The van der Waals surface area contributed by atoms with Crippen LogP contribution in [0.5, 0.6) is 0 Å². The standard InChI is InChI=1S/C9H13BrN2O2/c1-5(2)8(9(13)14)6-4-7(10)11-12(6)3/h4-5,8H,1-3H3,(H,13,14). The molecule has 0 aliphatic heterocycles. The number of aryl methyl sites for hydroxylation is 1. The molecule has 4 nitrogen and oxygen atoms in total. The van der Waals surface area contributed by atoms with Gasteiger partial charge in [0.05, 0.1) is 5.69 Å². The van der Waals surface area contributed by atoms with E-state index in [0.717, 1.165) is 5.69 Å². The van der Waals surface area contributed by atoms with Gasteiger partial charge in [-0.2, -0.15) is 5.10 Å². The summed E-state index contributed by atoms with van der Waals surface area (Å²) in [6.07, 6.45) is 0. The largest absolute Gasteiger partial charge is 0.481 e. The van der Waals surface area contributed by atoms with E-state index in [-0.39, 0.29) is 5.92 Å². The van der Waals surface area contributed by atoms with Crippen LogP contribution >= 0.6 is 15.9 Å². The average Bonchev–Trinajstić information content (AvgIpc) is 2.29. The van der Waals surface area contributed by atoms with Crippen LogP contribution in [-0.4, -0.2) is 20.9 Å². The number of nitrogens with zero attached hydrogens (tertiary/aromatic N) is 2. The molecule has 0 spiro atoms. The average molecular weight is 261 g/mol. The molecular weight excluding hydrogens is 248 g/mol. The van der Waals surface area contributed by atoms with Gasteiger partial charge in [0.2, 0.25) is 0 Å². The first kappa shape index (κ1) is 11.2. The van der Waals surface area contributed by atoms with E-state index in [1.165, 1.54) is 0 Å². The molecule has 1 rings (SSSR count). The van der Waals surface area contributed by atoms with Crippen molar-refractivity contribution in [1.82, 2.24) is 9.78 Å². The first-order chi connectivity index (χ1) is 6.43. The molecule has 0 aliphatic carbocycles. The monoisotopic (exact) mass is 260 g/mol. The lowest BCUT2D eigenvalue weighted by molar-refractivity contribution is -0.140. The zero-order valence-electron chi connectivity index (χ0n) is 8.36.